The Morgan fingerprint density at radius 1 is 0.921 bits per heavy atom. The van der Waals surface area contributed by atoms with Gasteiger partial charge in [0.2, 0.25) is 5.78 Å². The topological polar surface area (TPSA) is 115 Å². The van der Waals surface area contributed by atoms with Crippen molar-refractivity contribution in [1.82, 2.24) is 25.6 Å². The molecule has 0 bridgehead atoms. The fraction of sp³-hybridized carbons (Fsp3) is 0.207. The third-order valence-corrected chi connectivity index (χ3v) is 5.49. The van der Waals surface area contributed by atoms with Crippen molar-refractivity contribution in [3.63, 3.8) is 0 Å². The summed E-state index contributed by atoms with van der Waals surface area (Å²) in [7, 11) is 0. The second-order valence-corrected chi connectivity index (χ2v) is 9.61. The van der Waals surface area contributed by atoms with E-state index >= 15 is 0 Å². The molecular formula is C29H29N5O4. The Kier molecular flexibility index (Phi) is 8.08. The molecule has 194 valence electrons. The lowest BCUT2D eigenvalue weighted by atomic mass is 10.0. The normalized spacial score (nSPS) is 12.0. The third-order valence-electron chi connectivity index (χ3n) is 5.49. The number of amides is 2. The molecule has 0 aliphatic heterocycles. The highest BCUT2D eigenvalue weighted by atomic mass is 16.7. The van der Waals surface area contributed by atoms with E-state index in [-0.39, 0.29) is 12.0 Å². The van der Waals surface area contributed by atoms with Crippen LogP contribution < -0.4 is 10.8 Å². The zero-order chi connectivity index (χ0) is 27.1. The van der Waals surface area contributed by atoms with Crippen molar-refractivity contribution in [1.29, 1.82) is 0 Å². The van der Waals surface area contributed by atoms with Crippen LogP contribution in [0.25, 0.3) is 17.1 Å². The molecule has 38 heavy (non-hydrogen) atoms. The van der Waals surface area contributed by atoms with Crippen LogP contribution in [0.15, 0.2) is 91.3 Å². The Hall–Kier alpha value is -4.63. The second kappa shape index (κ2) is 11.6. The summed E-state index contributed by atoms with van der Waals surface area (Å²) in [4.78, 5) is 48.8. The molecule has 9 nitrogen and oxygen atoms in total. The van der Waals surface area contributed by atoms with Gasteiger partial charge in [-0.1, -0.05) is 60.7 Å². The predicted octanol–water partition coefficient (Wildman–Crippen LogP) is 3.69. The summed E-state index contributed by atoms with van der Waals surface area (Å²) in [6.45, 7) is 5.22. The Labute approximate surface area is 220 Å². The molecule has 4 rings (SSSR count). The van der Waals surface area contributed by atoms with E-state index < -0.39 is 29.2 Å². The van der Waals surface area contributed by atoms with Gasteiger partial charge in [-0.2, -0.15) is 5.10 Å². The number of carbonyl (C=O) groups is 3. The summed E-state index contributed by atoms with van der Waals surface area (Å²) < 4.78 is 1.51. The van der Waals surface area contributed by atoms with E-state index in [1.165, 1.54) is 4.68 Å². The van der Waals surface area contributed by atoms with E-state index in [2.05, 4.69) is 20.9 Å². The lowest BCUT2D eigenvalue weighted by Gasteiger charge is -2.21. The minimum absolute atomic E-state index is 0.115. The van der Waals surface area contributed by atoms with Gasteiger partial charge in [-0.3, -0.25) is 19.2 Å². The number of carbonyl (C=O) groups excluding carboxylic acids is 3. The number of aromatic nitrogens is 3. The first-order valence-corrected chi connectivity index (χ1v) is 12.1. The van der Waals surface area contributed by atoms with Crippen molar-refractivity contribution >= 4 is 17.6 Å². The summed E-state index contributed by atoms with van der Waals surface area (Å²) in [5.41, 5.74) is 4.12. The number of ketones is 1. The molecule has 0 saturated heterocycles. The largest absolute Gasteiger partial charge is 0.341 e. The number of hydrogen-bond donors (Lipinski definition) is 2. The number of rotatable bonds is 9. The van der Waals surface area contributed by atoms with E-state index in [9.17, 15) is 14.4 Å². The van der Waals surface area contributed by atoms with Gasteiger partial charge in [-0.15, -0.1) is 0 Å². The van der Waals surface area contributed by atoms with E-state index in [0.717, 1.165) is 16.8 Å². The van der Waals surface area contributed by atoms with Crippen LogP contribution in [0.5, 0.6) is 0 Å². The van der Waals surface area contributed by atoms with Gasteiger partial charge in [0, 0.05) is 24.4 Å². The first-order chi connectivity index (χ1) is 18.2. The minimum Gasteiger partial charge on any atom is -0.341 e. The van der Waals surface area contributed by atoms with Gasteiger partial charge >= 0.3 is 5.91 Å². The third kappa shape index (κ3) is 6.77. The van der Waals surface area contributed by atoms with Crippen molar-refractivity contribution in [2.45, 2.75) is 38.8 Å². The number of nitrogens with zero attached hydrogens (tertiary/aromatic N) is 3. The zero-order valence-electron chi connectivity index (χ0n) is 21.4. The molecule has 2 aromatic heterocycles. The lowest BCUT2D eigenvalue weighted by Crippen LogP contribution is -2.49. The molecule has 9 heteroatoms. The number of pyridine rings is 1. The average Bonchev–Trinajstić information content (AvgIpc) is 3.42. The molecule has 2 aromatic carbocycles. The van der Waals surface area contributed by atoms with Gasteiger partial charge in [0.1, 0.15) is 6.04 Å². The van der Waals surface area contributed by atoms with Crippen LogP contribution in [-0.2, 0) is 20.8 Å². The maximum absolute atomic E-state index is 13.5. The summed E-state index contributed by atoms with van der Waals surface area (Å²) in [5.74, 6) is -2.06. The molecule has 1 atom stereocenters. The van der Waals surface area contributed by atoms with Crippen molar-refractivity contribution in [2.24, 2.45) is 0 Å². The van der Waals surface area contributed by atoms with Crippen LogP contribution in [-0.4, -0.2) is 44.0 Å². The Morgan fingerprint density at radius 2 is 1.61 bits per heavy atom. The number of benzene rings is 2. The van der Waals surface area contributed by atoms with Gasteiger partial charge < -0.3 is 5.32 Å². The molecule has 2 N–H and O–H groups in total. The molecular weight excluding hydrogens is 482 g/mol. The molecule has 0 aliphatic carbocycles. The van der Waals surface area contributed by atoms with Gasteiger partial charge in [-0.05, 0) is 44.5 Å². The summed E-state index contributed by atoms with van der Waals surface area (Å²) in [6, 6.07) is 22.7. The van der Waals surface area contributed by atoms with Crippen LogP contribution in [0, 0.1) is 0 Å². The molecule has 0 aliphatic rings. The van der Waals surface area contributed by atoms with E-state index in [4.69, 9.17) is 4.84 Å². The maximum atomic E-state index is 13.5. The van der Waals surface area contributed by atoms with E-state index in [0.29, 0.717) is 5.82 Å². The summed E-state index contributed by atoms with van der Waals surface area (Å²) >= 11 is 0. The van der Waals surface area contributed by atoms with Crippen LogP contribution in [0.1, 0.15) is 36.7 Å². The van der Waals surface area contributed by atoms with Gasteiger partial charge in [0.25, 0.3) is 5.91 Å². The summed E-state index contributed by atoms with van der Waals surface area (Å²) in [5, 5.41) is 7.30. The van der Waals surface area contributed by atoms with Crippen LogP contribution in [0.2, 0.25) is 0 Å². The predicted molar refractivity (Wildman–Crippen MR) is 142 cm³/mol. The van der Waals surface area contributed by atoms with Gasteiger partial charge in [0.05, 0.1) is 16.9 Å². The first-order valence-electron chi connectivity index (χ1n) is 12.1. The second-order valence-electron chi connectivity index (χ2n) is 9.61. The standard InChI is InChI=1S/C29H29N5O4/c1-29(2,3)38-33-28(37)25(35)24(19-20-11-6-4-7-12-20)31-27(36)22-15-10-17-30-26(22)34-18-16-23(32-34)21-13-8-5-9-14-21/h4-18,24H,19H2,1-3H3,(H,31,36)(H,33,37)/t24-/m1/s1. The number of Topliss-reactive ketones (excluding diaryl/α,β-unsaturated/α-hetero) is 1. The minimum atomic E-state index is -1.14. The van der Waals surface area contributed by atoms with Crippen molar-refractivity contribution in [2.75, 3.05) is 0 Å². The van der Waals surface area contributed by atoms with Gasteiger partial charge in [-0.25, -0.2) is 15.1 Å². The Morgan fingerprint density at radius 3 is 2.29 bits per heavy atom. The fourth-order valence-corrected chi connectivity index (χ4v) is 3.66. The van der Waals surface area contributed by atoms with Crippen LogP contribution in [0.3, 0.4) is 0 Å². The van der Waals surface area contributed by atoms with Crippen molar-refractivity contribution in [3.05, 3.63) is 102 Å². The molecule has 0 unspecified atom stereocenters. The highest BCUT2D eigenvalue weighted by Crippen LogP contribution is 2.19. The molecule has 0 fully saturated rings. The number of hydroxylamine groups is 1. The molecule has 2 heterocycles. The Balaban J connectivity index is 1.59. The van der Waals surface area contributed by atoms with Crippen LogP contribution >= 0.6 is 0 Å². The first kappa shape index (κ1) is 26.4. The highest BCUT2D eigenvalue weighted by Gasteiger charge is 2.30. The maximum Gasteiger partial charge on any atom is 0.313 e. The monoisotopic (exact) mass is 511 g/mol. The van der Waals surface area contributed by atoms with E-state index in [1.807, 2.05) is 66.7 Å². The molecule has 4 aromatic rings. The Bertz CT molecular complexity index is 1410. The van der Waals surface area contributed by atoms with Gasteiger partial charge in [0.15, 0.2) is 5.82 Å². The van der Waals surface area contributed by atoms with Crippen molar-refractivity contribution < 1.29 is 19.2 Å². The van der Waals surface area contributed by atoms with E-state index in [1.54, 1.807) is 45.3 Å². The quantitative estimate of drug-likeness (QED) is 0.262. The fourth-order valence-electron chi connectivity index (χ4n) is 3.66. The molecule has 2 amide bonds. The number of nitrogens with one attached hydrogen (secondary N) is 2. The smallest absolute Gasteiger partial charge is 0.313 e. The SMILES string of the molecule is CC(C)(C)ONC(=O)C(=O)[C@@H](Cc1ccccc1)NC(=O)c1cccnc1-n1ccc(-c2ccccc2)n1. The lowest BCUT2D eigenvalue weighted by molar-refractivity contribution is -0.154. The highest BCUT2D eigenvalue weighted by molar-refractivity contribution is 6.38. The molecule has 0 spiro atoms. The zero-order valence-corrected chi connectivity index (χ0v) is 21.4. The molecule has 0 radical (unpaired) electrons. The summed E-state index contributed by atoms with van der Waals surface area (Å²) in [6.07, 6.45) is 3.38. The van der Waals surface area contributed by atoms with Crippen molar-refractivity contribution in [3.8, 4) is 17.1 Å². The molecule has 0 saturated carbocycles. The van der Waals surface area contributed by atoms with Crippen LogP contribution in [0.4, 0.5) is 0 Å². The number of hydrogen-bond acceptors (Lipinski definition) is 6. The average molecular weight is 512 g/mol.